The van der Waals surface area contributed by atoms with Crippen LogP contribution in [0.25, 0.3) is 10.9 Å². The zero-order chi connectivity index (χ0) is 18.6. The van der Waals surface area contributed by atoms with E-state index in [0.29, 0.717) is 12.1 Å². The van der Waals surface area contributed by atoms with Crippen molar-refractivity contribution in [2.24, 2.45) is 0 Å². The van der Waals surface area contributed by atoms with Gasteiger partial charge in [-0.05, 0) is 76.7 Å². The first kappa shape index (κ1) is 17.8. The maximum atomic E-state index is 12.4. The topological polar surface area (TPSA) is 44.9 Å². The van der Waals surface area contributed by atoms with Crippen LogP contribution in [0.3, 0.4) is 0 Å². The van der Waals surface area contributed by atoms with Gasteiger partial charge in [-0.1, -0.05) is 23.7 Å². The van der Waals surface area contributed by atoms with Gasteiger partial charge in [0.25, 0.3) is 5.91 Å². The molecule has 0 aliphatic carbocycles. The summed E-state index contributed by atoms with van der Waals surface area (Å²) in [6.45, 7) is 0.578. The zero-order valence-corrected chi connectivity index (χ0v) is 16.2. The summed E-state index contributed by atoms with van der Waals surface area (Å²) in [6.07, 6.45) is 3.63. The molecule has 0 radical (unpaired) electrons. The number of aromatic nitrogens is 1. The summed E-state index contributed by atoms with van der Waals surface area (Å²) in [5.41, 5.74) is 5.41. The number of amides is 1. The Morgan fingerprint density at radius 1 is 1.07 bits per heavy atom. The summed E-state index contributed by atoms with van der Waals surface area (Å²) in [5.74, 6) is -0.0463. The fourth-order valence-corrected chi connectivity index (χ4v) is 4.01. The van der Waals surface area contributed by atoms with Crippen molar-refractivity contribution in [2.75, 3.05) is 6.54 Å². The number of hydrogen-bond acceptors (Lipinski definition) is 2. The van der Waals surface area contributed by atoms with Gasteiger partial charge in [0.05, 0.1) is 0 Å². The Morgan fingerprint density at radius 3 is 2.70 bits per heavy atom. The van der Waals surface area contributed by atoms with Crippen molar-refractivity contribution < 1.29 is 4.79 Å². The number of carbonyl (C=O) groups is 1. The maximum Gasteiger partial charge on any atom is 0.251 e. The fraction of sp³-hybridized carbons (Fsp3) is 0.136. The second kappa shape index (κ2) is 7.99. The van der Waals surface area contributed by atoms with E-state index < -0.39 is 0 Å². The summed E-state index contributed by atoms with van der Waals surface area (Å²) in [6, 6.07) is 15.7. The molecule has 2 aromatic heterocycles. The van der Waals surface area contributed by atoms with Crippen LogP contribution in [0.15, 0.2) is 65.5 Å². The quantitative estimate of drug-likeness (QED) is 0.449. The molecule has 4 aromatic rings. The van der Waals surface area contributed by atoms with Gasteiger partial charge in [-0.25, -0.2) is 0 Å². The summed E-state index contributed by atoms with van der Waals surface area (Å²) in [5, 5.41) is 9.05. The fourth-order valence-electron chi connectivity index (χ4n) is 3.17. The Bertz CT molecular complexity index is 1050. The van der Waals surface area contributed by atoms with E-state index in [-0.39, 0.29) is 5.91 Å². The number of benzene rings is 2. The molecule has 0 saturated heterocycles. The highest BCUT2D eigenvalue weighted by molar-refractivity contribution is 7.07. The van der Waals surface area contributed by atoms with Crippen LogP contribution in [0, 0.1) is 0 Å². The minimum atomic E-state index is -0.0463. The molecule has 4 rings (SSSR count). The lowest BCUT2D eigenvalue weighted by Gasteiger charge is -2.06. The van der Waals surface area contributed by atoms with E-state index in [1.165, 1.54) is 11.1 Å². The smallest absolute Gasteiger partial charge is 0.251 e. The molecule has 1 amide bonds. The molecule has 5 heteroatoms. The second-order valence-electron chi connectivity index (χ2n) is 6.52. The highest BCUT2D eigenvalue weighted by atomic mass is 35.5. The molecule has 136 valence electrons. The van der Waals surface area contributed by atoms with Crippen LogP contribution in [0.2, 0.25) is 5.02 Å². The molecule has 3 nitrogen and oxygen atoms in total. The Morgan fingerprint density at radius 2 is 1.93 bits per heavy atom. The third-order valence-electron chi connectivity index (χ3n) is 4.61. The largest absolute Gasteiger partial charge is 0.361 e. The molecule has 0 aliphatic rings. The molecule has 2 heterocycles. The molecule has 0 saturated carbocycles. The van der Waals surface area contributed by atoms with E-state index in [1.807, 2.05) is 48.7 Å². The first-order valence-corrected chi connectivity index (χ1v) is 10.1. The maximum absolute atomic E-state index is 12.4. The standard InChI is InChI=1S/C22H19ClN2OS/c23-19-5-6-21-20(12-19)18(13-25-21)7-9-24-22(26)17-3-1-15(2-4-17)11-16-8-10-27-14-16/h1-6,8,10,12-14,25H,7,9,11H2,(H,24,26). The highest BCUT2D eigenvalue weighted by Gasteiger charge is 2.08. The predicted octanol–water partition coefficient (Wildman–Crippen LogP) is 5.45. The zero-order valence-electron chi connectivity index (χ0n) is 14.7. The average molecular weight is 395 g/mol. The van der Waals surface area contributed by atoms with E-state index >= 15 is 0 Å². The molecule has 0 fully saturated rings. The summed E-state index contributed by atoms with van der Waals surface area (Å²) < 4.78 is 0. The second-order valence-corrected chi connectivity index (χ2v) is 7.73. The van der Waals surface area contributed by atoms with Gasteiger partial charge in [-0.15, -0.1) is 0 Å². The van der Waals surface area contributed by atoms with Crippen LogP contribution < -0.4 is 5.32 Å². The Kier molecular flexibility index (Phi) is 5.28. The van der Waals surface area contributed by atoms with E-state index in [2.05, 4.69) is 27.1 Å². The van der Waals surface area contributed by atoms with E-state index in [1.54, 1.807) is 11.3 Å². The van der Waals surface area contributed by atoms with Crippen molar-refractivity contribution in [3.05, 3.63) is 92.8 Å². The van der Waals surface area contributed by atoms with E-state index in [0.717, 1.165) is 34.3 Å². The average Bonchev–Trinajstić information content (AvgIpc) is 3.32. The molecule has 2 aromatic carbocycles. The van der Waals surface area contributed by atoms with Crippen molar-refractivity contribution in [2.45, 2.75) is 12.8 Å². The van der Waals surface area contributed by atoms with Gasteiger partial charge in [0.2, 0.25) is 0 Å². The lowest BCUT2D eigenvalue weighted by Crippen LogP contribution is -2.25. The van der Waals surface area contributed by atoms with Crippen LogP contribution in [0.1, 0.15) is 27.0 Å². The summed E-state index contributed by atoms with van der Waals surface area (Å²) in [7, 11) is 0. The third-order valence-corrected chi connectivity index (χ3v) is 5.58. The van der Waals surface area contributed by atoms with Crippen molar-refractivity contribution >= 4 is 39.7 Å². The minimum absolute atomic E-state index is 0.0463. The van der Waals surface area contributed by atoms with Crippen molar-refractivity contribution in [1.82, 2.24) is 10.3 Å². The highest BCUT2D eigenvalue weighted by Crippen LogP contribution is 2.22. The Balaban J connectivity index is 1.34. The number of halogens is 1. The van der Waals surface area contributed by atoms with E-state index in [9.17, 15) is 4.79 Å². The van der Waals surface area contributed by atoms with Gasteiger partial charge in [0.1, 0.15) is 0 Å². The van der Waals surface area contributed by atoms with E-state index in [4.69, 9.17) is 11.6 Å². The molecule has 0 bridgehead atoms. The molecule has 27 heavy (non-hydrogen) atoms. The minimum Gasteiger partial charge on any atom is -0.361 e. The number of thiophene rings is 1. The molecular formula is C22H19ClN2OS. The Hall–Kier alpha value is -2.56. The van der Waals surface area contributed by atoms with Crippen molar-refractivity contribution in [3.8, 4) is 0 Å². The van der Waals surface area contributed by atoms with Crippen molar-refractivity contribution in [1.29, 1.82) is 0 Å². The SMILES string of the molecule is O=C(NCCc1c[nH]c2ccc(Cl)cc12)c1ccc(Cc2ccsc2)cc1. The molecule has 0 spiro atoms. The molecule has 0 aliphatic heterocycles. The normalized spacial score (nSPS) is 11.0. The lowest BCUT2D eigenvalue weighted by molar-refractivity contribution is 0.0954. The van der Waals surface area contributed by atoms with Gasteiger partial charge >= 0.3 is 0 Å². The first-order valence-electron chi connectivity index (χ1n) is 8.83. The van der Waals surface area contributed by atoms with Crippen LogP contribution in [-0.2, 0) is 12.8 Å². The number of fused-ring (bicyclic) bond motifs is 1. The number of H-pyrrole nitrogens is 1. The Labute approximate surface area is 167 Å². The third kappa shape index (κ3) is 4.24. The monoisotopic (exact) mass is 394 g/mol. The number of carbonyl (C=O) groups excluding carboxylic acids is 1. The molecule has 0 atom stereocenters. The van der Waals surface area contributed by atoms with Gasteiger partial charge < -0.3 is 10.3 Å². The van der Waals surface area contributed by atoms with Gasteiger partial charge in [-0.2, -0.15) is 11.3 Å². The molecular weight excluding hydrogens is 376 g/mol. The van der Waals surface area contributed by atoms with Gasteiger partial charge in [0.15, 0.2) is 0 Å². The van der Waals surface area contributed by atoms with Crippen LogP contribution in [-0.4, -0.2) is 17.4 Å². The van der Waals surface area contributed by atoms with Crippen LogP contribution in [0.4, 0.5) is 0 Å². The lowest BCUT2D eigenvalue weighted by atomic mass is 10.1. The van der Waals surface area contributed by atoms with Gasteiger partial charge in [-0.3, -0.25) is 4.79 Å². The summed E-state index contributed by atoms with van der Waals surface area (Å²) >= 11 is 7.79. The first-order chi connectivity index (χ1) is 13.2. The van der Waals surface area contributed by atoms with Gasteiger partial charge in [0, 0.05) is 34.2 Å². The number of aromatic amines is 1. The number of nitrogens with one attached hydrogen (secondary N) is 2. The molecule has 0 unspecified atom stereocenters. The van der Waals surface area contributed by atoms with Crippen LogP contribution >= 0.6 is 22.9 Å². The van der Waals surface area contributed by atoms with Crippen LogP contribution in [0.5, 0.6) is 0 Å². The number of rotatable bonds is 6. The van der Waals surface area contributed by atoms with Crippen molar-refractivity contribution in [3.63, 3.8) is 0 Å². The number of hydrogen-bond donors (Lipinski definition) is 2. The predicted molar refractivity (Wildman–Crippen MR) is 113 cm³/mol. The summed E-state index contributed by atoms with van der Waals surface area (Å²) in [4.78, 5) is 15.6. The molecule has 2 N–H and O–H groups in total.